The Kier molecular flexibility index (Phi) is 14.3. The quantitative estimate of drug-likeness (QED) is 0.596. The molecule has 0 saturated carbocycles. The standard InChI is InChI=1S/C5H5IN2S.2C2H6/c1-2-9-5-7-3-4-8(5)6;2*1-2/h2-4H,1H2;2*1-2H3. The number of halogens is 1. The van der Waals surface area contributed by atoms with Gasteiger partial charge in [0.05, 0.1) is 22.9 Å². The third-order valence-corrected chi connectivity index (χ3v) is 2.54. The molecule has 1 aromatic heterocycles. The lowest BCUT2D eigenvalue weighted by atomic mass is 11.0. The smallest absolute Gasteiger partial charge is 0.181 e. The Balaban J connectivity index is 0. The van der Waals surface area contributed by atoms with Crippen LogP contribution in [-0.4, -0.2) is 7.76 Å². The van der Waals surface area contributed by atoms with Crippen molar-refractivity contribution in [2.45, 2.75) is 32.9 Å². The lowest BCUT2D eigenvalue weighted by Gasteiger charge is -1.90. The Hall–Kier alpha value is 0.0300. The van der Waals surface area contributed by atoms with Gasteiger partial charge < -0.3 is 0 Å². The van der Waals surface area contributed by atoms with E-state index in [4.69, 9.17) is 0 Å². The Morgan fingerprint density at radius 2 is 2.00 bits per heavy atom. The van der Waals surface area contributed by atoms with E-state index in [2.05, 4.69) is 34.4 Å². The lowest BCUT2D eigenvalue weighted by molar-refractivity contribution is 1.04. The first-order valence-electron chi connectivity index (χ1n) is 4.31. The number of hydrogen-bond acceptors (Lipinski definition) is 2. The predicted octanol–water partition coefficient (Wildman–Crippen LogP) is 4.37. The summed E-state index contributed by atoms with van der Waals surface area (Å²) in [6.07, 6.45) is 3.66. The van der Waals surface area contributed by atoms with Crippen LogP contribution in [0.3, 0.4) is 0 Å². The Labute approximate surface area is 99.3 Å². The normalized spacial score (nSPS) is 7.46. The van der Waals surface area contributed by atoms with E-state index in [0.717, 1.165) is 5.16 Å². The first-order valence-corrected chi connectivity index (χ1v) is 6.16. The molecule has 0 aliphatic heterocycles. The summed E-state index contributed by atoms with van der Waals surface area (Å²) in [4.78, 5) is 4.05. The summed E-state index contributed by atoms with van der Waals surface area (Å²) < 4.78 is 1.92. The summed E-state index contributed by atoms with van der Waals surface area (Å²) in [5, 5.41) is 2.72. The molecule has 1 rings (SSSR count). The first-order chi connectivity index (χ1) is 6.34. The minimum atomic E-state index is 0.964. The molecule has 0 amide bonds. The van der Waals surface area contributed by atoms with Crippen molar-refractivity contribution in [2.24, 2.45) is 0 Å². The van der Waals surface area contributed by atoms with Crippen LogP contribution in [0, 0.1) is 0 Å². The van der Waals surface area contributed by atoms with Gasteiger partial charge in [0, 0.05) is 12.4 Å². The number of aromatic nitrogens is 2. The van der Waals surface area contributed by atoms with Crippen molar-refractivity contribution in [3.05, 3.63) is 24.4 Å². The van der Waals surface area contributed by atoms with Gasteiger partial charge in [0.25, 0.3) is 0 Å². The summed E-state index contributed by atoms with van der Waals surface area (Å²) in [6, 6.07) is 0. The van der Waals surface area contributed by atoms with Crippen molar-refractivity contribution in [3.63, 3.8) is 0 Å². The van der Waals surface area contributed by atoms with Crippen LogP contribution in [0.1, 0.15) is 27.7 Å². The van der Waals surface area contributed by atoms with Crippen LogP contribution in [-0.2, 0) is 0 Å². The minimum Gasteiger partial charge on any atom is -0.267 e. The van der Waals surface area contributed by atoms with E-state index >= 15 is 0 Å². The molecule has 0 radical (unpaired) electrons. The maximum Gasteiger partial charge on any atom is 0.181 e. The molecular formula is C9H17IN2S. The molecule has 0 aliphatic rings. The van der Waals surface area contributed by atoms with Gasteiger partial charge in [-0.2, -0.15) is 0 Å². The van der Waals surface area contributed by atoms with Gasteiger partial charge in [-0.15, -0.1) is 0 Å². The van der Waals surface area contributed by atoms with Gasteiger partial charge in [-0.25, -0.2) is 4.98 Å². The van der Waals surface area contributed by atoms with Crippen LogP contribution in [0.15, 0.2) is 29.5 Å². The van der Waals surface area contributed by atoms with E-state index in [0.29, 0.717) is 0 Å². The third-order valence-electron chi connectivity index (χ3n) is 0.754. The van der Waals surface area contributed by atoms with Gasteiger partial charge in [-0.1, -0.05) is 46.0 Å². The zero-order valence-electron chi connectivity index (χ0n) is 8.62. The molecule has 1 aromatic rings. The van der Waals surface area contributed by atoms with Crippen LogP contribution >= 0.6 is 34.6 Å². The molecule has 76 valence electrons. The summed E-state index contributed by atoms with van der Waals surface area (Å²) in [5.74, 6) is 0. The van der Waals surface area contributed by atoms with Crippen LogP contribution in [0.2, 0.25) is 0 Å². The number of hydrogen-bond donors (Lipinski definition) is 0. The van der Waals surface area contributed by atoms with Crippen molar-refractivity contribution in [2.75, 3.05) is 0 Å². The average Bonchev–Trinajstić information content (AvgIpc) is 2.60. The van der Waals surface area contributed by atoms with Gasteiger partial charge in [0.15, 0.2) is 5.16 Å². The molecule has 0 bridgehead atoms. The molecule has 0 unspecified atom stereocenters. The average molecular weight is 312 g/mol. The van der Waals surface area contributed by atoms with E-state index in [1.807, 2.05) is 36.7 Å². The topological polar surface area (TPSA) is 17.8 Å². The molecule has 4 heteroatoms. The lowest BCUT2D eigenvalue weighted by Crippen LogP contribution is -1.76. The van der Waals surface area contributed by atoms with Crippen LogP contribution in [0.25, 0.3) is 0 Å². The molecule has 13 heavy (non-hydrogen) atoms. The fourth-order valence-electron chi connectivity index (χ4n) is 0.430. The second-order valence-corrected chi connectivity index (χ2v) is 3.28. The van der Waals surface area contributed by atoms with Crippen LogP contribution in [0.5, 0.6) is 0 Å². The number of rotatable bonds is 2. The van der Waals surface area contributed by atoms with Crippen molar-refractivity contribution in [1.82, 2.24) is 7.76 Å². The highest BCUT2D eigenvalue weighted by Gasteiger charge is 1.94. The molecule has 0 N–H and O–H groups in total. The van der Waals surface area contributed by atoms with E-state index in [1.165, 1.54) is 11.8 Å². The van der Waals surface area contributed by atoms with Gasteiger partial charge >= 0.3 is 0 Å². The molecule has 0 aromatic carbocycles. The van der Waals surface area contributed by atoms with Crippen molar-refractivity contribution in [3.8, 4) is 0 Å². The Morgan fingerprint density at radius 1 is 1.46 bits per heavy atom. The van der Waals surface area contributed by atoms with E-state index in [1.54, 1.807) is 11.6 Å². The Morgan fingerprint density at radius 3 is 2.31 bits per heavy atom. The largest absolute Gasteiger partial charge is 0.267 e. The predicted molar refractivity (Wildman–Crippen MR) is 70.4 cm³/mol. The second kappa shape index (κ2) is 12.0. The molecule has 0 spiro atoms. The van der Waals surface area contributed by atoms with E-state index < -0.39 is 0 Å². The molecule has 1 heterocycles. The van der Waals surface area contributed by atoms with Gasteiger partial charge in [-0.3, -0.25) is 2.78 Å². The molecule has 0 atom stereocenters. The van der Waals surface area contributed by atoms with Gasteiger partial charge in [0.1, 0.15) is 0 Å². The monoisotopic (exact) mass is 312 g/mol. The highest BCUT2D eigenvalue weighted by molar-refractivity contribution is 14.1. The highest BCUT2D eigenvalue weighted by Crippen LogP contribution is 2.17. The minimum absolute atomic E-state index is 0.964. The summed E-state index contributed by atoms with van der Waals surface area (Å²) in [7, 11) is 0. The zero-order chi connectivity index (χ0) is 10.7. The second-order valence-electron chi connectivity index (χ2n) is 1.31. The number of nitrogens with zero attached hydrogens (tertiary/aromatic N) is 2. The number of imidazole rings is 1. The summed E-state index contributed by atoms with van der Waals surface area (Å²) >= 11 is 3.68. The molecule has 0 fully saturated rings. The van der Waals surface area contributed by atoms with Crippen LogP contribution < -0.4 is 0 Å². The summed E-state index contributed by atoms with van der Waals surface area (Å²) in [5.41, 5.74) is 0. The molecular weight excluding hydrogens is 295 g/mol. The van der Waals surface area contributed by atoms with Crippen molar-refractivity contribution < 1.29 is 0 Å². The third kappa shape index (κ3) is 7.13. The van der Waals surface area contributed by atoms with Gasteiger partial charge in [0.2, 0.25) is 0 Å². The SMILES string of the molecule is C=CSc1nccn1I.CC.CC. The fraction of sp³-hybridized carbons (Fsp3) is 0.444. The molecule has 0 saturated heterocycles. The molecule has 2 nitrogen and oxygen atoms in total. The first kappa shape index (κ1) is 15.5. The highest BCUT2D eigenvalue weighted by atomic mass is 127. The van der Waals surface area contributed by atoms with E-state index in [9.17, 15) is 0 Å². The Bertz CT molecular complexity index is 211. The summed E-state index contributed by atoms with van der Waals surface area (Å²) in [6.45, 7) is 11.6. The van der Waals surface area contributed by atoms with Gasteiger partial charge in [-0.05, 0) is 5.41 Å². The van der Waals surface area contributed by atoms with Crippen LogP contribution in [0.4, 0.5) is 0 Å². The molecule has 0 aliphatic carbocycles. The zero-order valence-corrected chi connectivity index (χ0v) is 11.6. The fourth-order valence-corrected chi connectivity index (χ4v) is 1.47. The van der Waals surface area contributed by atoms with Crippen molar-refractivity contribution >= 4 is 34.6 Å². The van der Waals surface area contributed by atoms with Crippen molar-refractivity contribution in [1.29, 1.82) is 0 Å². The number of thioether (sulfide) groups is 1. The van der Waals surface area contributed by atoms with E-state index in [-0.39, 0.29) is 0 Å². The maximum atomic E-state index is 4.05. The maximum absolute atomic E-state index is 4.05.